The van der Waals surface area contributed by atoms with Gasteiger partial charge in [-0.15, -0.1) is 0 Å². The number of rotatable bonds is 2. The first kappa shape index (κ1) is 23.8. The van der Waals surface area contributed by atoms with Crippen molar-refractivity contribution in [2.45, 2.75) is 40.2 Å². The molecule has 0 atom stereocenters. The van der Waals surface area contributed by atoms with E-state index >= 15 is 0 Å². The van der Waals surface area contributed by atoms with E-state index in [0.717, 1.165) is 22.3 Å². The van der Waals surface area contributed by atoms with E-state index in [2.05, 4.69) is 83.4 Å². The Labute approximate surface area is 204 Å². The highest BCUT2D eigenvalue weighted by molar-refractivity contribution is 6.32. The van der Waals surface area contributed by atoms with Crippen molar-refractivity contribution in [3.63, 3.8) is 0 Å². The summed E-state index contributed by atoms with van der Waals surface area (Å²) in [4.78, 5) is 0. The van der Waals surface area contributed by atoms with E-state index in [1.165, 1.54) is 21.8 Å². The van der Waals surface area contributed by atoms with Crippen molar-refractivity contribution in [1.82, 2.24) is 4.57 Å². The van der Waals surface area contributed by atoms with Crippen LogP contribution in [0.2, 0.25) is 0 Å². The molecular formula is C31H32BNO. The Morgan fingerprint density at radius 3 is 1.59 bits per heavy atom. The lowest BCUT2D eigenvalue weighted by Crippen LogP contribution is -2.35. The van der Waals surface area contributed by atoms with Crippen LogP contribution in [0.4, 0.5) is 0 Å². The fourth-order valence-corrected chi connectivity index (χ4v) is 3.74. The van der Waals surface area contributed by atoms with Crippen LogP contribution in [0.3, 0.4) is 0 Å². The molecular weight excluding hydrogens is 413 g/mol. The van der Waals surface area contributed by atoms with Crippen LogP contribution in [0.1, 0.15) is 34.6 Å². The normalized spacial score (nSPS) is 11.9. The van der Waals surface area contributed by atoms with Gasteiger partial charge in [-0.3, -0.25) is 0 Å². The van der Waals surface area contributed by atoms with E-state index in [9.17, 15) is 5.11 Å². The summed E-state index contributed by atoms with van der Waals surface area (Å²) in [5.41, 5.74) is 6.10. The number of para-hydroxylation sites is 2. The summed E-state index contributed by atoms with van der Waals surface area (Å²) in [5.74, 6) is 0. The van der Waals surface area contributed by atoms with Crippen molar-refractivity contribution in [2.24, 2.45) is 5.41 Å². The number of hydrogen-bond acceptors (Lipinski definition) is 1. The summed E-state index contributed by atoms with van der Waals surface area (Å²) < 4.78 is 2.33. The first-order valence-electron chi connectivity index (χ1n) is 11.7. The molecule has 5 aromatic rings. The van der Waals surface area contributed by atoms with Gasteiger partial charge >= 0.3 is 0 Å². The Morgan fingerprint density at radius 1 is 0.618 bits per heavy atom. The van der Waals surface area contributed by atoms with Crippen molar-refractivity contribution in [3.05, 3.63) is 97.1 Å². The third-order valence-corrected chi connectivity index (χ3v) is 6.74. The number of hydrogen-bond donors (Lipinski definition) is 1. The molecule has 5 rings (SSSR count). The average Bonchev–Trinajstić information content (AvgIpc) is 3.13. The molecule has 0 bridgehead atoms. The van der Waals surface area contributed by atoms with Crippen LogP contribution >= 0.6 is 0 Å². The Morgan fingerprint density at radius 2 is 1.09 bits per heavy atom. The lowest BCUT2D eigenvalue weighted by Gasteiger charge is -2.33. The predicted molar refractivity (Wildman–Crippen MR) is 147 cm³/mol. The predicted octanol–water partition coefficient (Wildman–Crippen LogP) is 7.05. The second-order valence-electron chi connectivity index (χ2n) is 10.4. The molecule has 2 radical (unpaired) electrons. The largest absolute Gasteiger partial charge is 0.390 e. The van der Waals surface area contributed by atoms with Gasteiger partial charge in [-0.25, -0.2) is 0 Å². The van der Waals surface area contributed by atoms with E-state index in [-0.39, 0.29) is 5.41 Å². The van der Waals surface area contributed by atoms with Crippen LogP contribution < -0.4 is 5.46 Å². The van der Waals surface area contributed by atoms with E-state index in [1.807, 2.05) is 52.8 Å². The van der Waals surface area contributed by atoms with Crippen molar-refractivity contribution in [1.29, 1.82) is 0 Å². The highest BCUT2D eigenvalue weighted by Gasteiger charge is 2.29. The molecule has 1 N–H and O–H groups in total. The lowest BCUT2D eigenvalue weighted by atomic mass is 9.79. The molecule has 0 saturated heterocycles. The Hall–Kier alpha value is -3.30. The minimum absolute atomic E-state index is 0.00694. The number of fused-ring (bicyclic) bond motifs is 3. The van der Waals surface area contributed by atoms with Crippen LogP contribution in [0.25, 0.3) is 38.6 Å². The molecule has 0 amide bonds. The molecule has 170 valence electrons. The first-order chi connectivity index (χ1) is 16.1. The zero-order chi connectivity index (χ0) is 24.5. The fraction of sp³-hybridized carbons (Fsp3) is 0.226. The van der Waals surface area contributed by atoms with Crippen molar-refractivity contribution in [3.8, 4) is 16.8 Å². The molecule has 0 aliphatic rings. The molecule has 1 heterocycles. The number of aromatic nitrogens is 1. The monoisotopic (exact) mass is 445 g/mol. The zero-order valence-corrected chi connectivity index (χ0v) is 20.7. The van der Waals surface area contributed by atoms with Crippen molar-refractivity contribution in [2.75, 3.05) is 0 Å². The number of aliphatic hydroxyl groups is 1. The van der Waals surface area contributed by atoms with Crippen molar-refractivity contribution < 1.29 is 5.11 Å². The fourth-order valence-electron chi connectivity index (χ4n) is 3.74. The summed E-state index contributed by atoms with van der Waals surface area (Å²) in [6.07, 6.45) is 0. The lowest BCUT2D eigenvalue weighted by molar-refractivity contribution is -0.0238. The SMILES string of the molecule is CC(C)(C)C(C)(C)O.[B]c1cccc(-c2cccc(-n3c4ccccc4c4ccccc43)c2)c1. The molecule has 0 unspecified atom stereocenters. The summed E-state index contributed by atoms with van der Waals surface area (Å²) in [6.45, 7) is 9.72. The minimum atomic E-state index is -0.562. The van der Waals surface area contributed by atoms with Gasteiger partial charge in [-0.05, 0) is 54.7 Å². The van der Waals surface area contributed by atoms with Gasteiger partial charge in [0.15, 0.2) is 0 Å². The molecule has 4 aromatic carbocycles. The first-order valence-corrected chi connectivity index (χ1v) is 11.7. The average molecular weight is 445 g/mol. The molecule has 0 saturated carbocycles. The third-order valence-electron chi connectivity index (χ3n) is 6.74. The standard InChI is InChI=1S/C24H16BN.C7H16O/c25-19-9-5-7-17(15-19)18-8-6-10-20(16-18)26-23-13-3-1-11-21(23)22-12-2-4-14-24(22)26;1-6(2,3)7(4,5)8/h1-16H;8H,1-5H3. The summed E-state index contributed by atoms with van der Waals surface area (Å²) in [6, 6.07) is 33.8. The molecule has 34 heavy (non-hydrogen) atoms. The Kier molecular flexibility index (Phi) is 6.42. The van der Waals surface area contributed by atoms with Crippen LogP contribution in [0.5, 0.6) is 0 Å². The van der Waals surface area contributed by atoms with Gasteiger partial charge in [-0.2, -0.15) is 0 Å². The van der Waals surface area contributed by atoms with Gasteiger partial charge in [0, 0.05) is 16.5 Å². The van der Waals surface area contributed by atoms with Crippen LogP contribution in [-0.4, -0.2) is 23.1 Å². The zero-order valence-electron chi connectivity index (χ0n) is 20.7. The minimum Gasteiger partial charge on any atom is -0.390 e. The molecule has 0 aliphatic carbocycles. The maximum absolute atomic E-state index is 9.35. The quantitative estimate of drug-likeness (QED) is 0.290. The topological polar surface area (TPSA) is 25.2 Å². The van der Waals surface area contributed by atoms with Gasteiger partial charge in [-0.1, -0.05) is 99.0 Å². The van der Waals surface area contributed by atoms with E-state index in [1.54, 1.807) is 0 Å². The van der Waals surface area contributed by atoms with E-state index < -0.39 is 5.60 Å². The van der Waals surface area contributed by atoms with Crippen LogP contribution in [0.15, 0.2) is 97.1 Å². The number of benzene rings is 4. The highest BCUT2D eigenvalue weighted by Crippen LogP contribution is 2.33. The maximum Gasteiger partial charge on any atom is 0.113 e. The van der Waals surface area contributed by atoms with Crippen LogP contribution in [-0.2, 0) is 0 Å². The second-order valence-corrected chi connectivity index (χ2v) is 10.4. The maximum atomic E-state index is 9.35. The molecule has 0 fully saturated rings. The van der Waals surface area contributed by atoms with Gasteiger partial charge in [0.05, 0.1) is 16.6 Å². The Balaban J connectivity index is 0.000000297. The Bertz CT molecular complexity index is 1370. The molecule has 0 spiro atoms. The molecule has 2 nitrogen and oxygen atoms in total. The van der Waals surface area contributed by atoms with Gasteiger partial charge < -0.3 is 9.67 Å². The molecule has 3 heteroatoms. The third kappa shape index (κ3) is 4.81. The van der Waals surface area contributed by atoms with Gasteiger partial charge in [0.25, 0.3) is 0 Å². The van der Waals surface area contributed by atoms with Crippen LogP contribution in [0, 0.1) is 5.41 Å². The van der Waals surface area contributed by atoms with Gasteiger partial charge in [0.2, 0.25) is 0 Å². The van der Waals surface area contributed by atoms with E-state index in [4.69, 9.17) is 7.85 Å². The number of nitrogens with zero attached hydrogens (tertiary/aromatic N) is 1. The smallest absolute Gasteiger partial charge is 0.113 e. The van der Waals surface area contributed by atoms with Crippen molar-refractivity contribution >= 4 is 35.1 Å². The second kappa shape index (κ2) is 9.16. The van der Waals surface area contributed by atoms with E-state index in [0.29, 0.717) is 0 Å². The summed E-state index contributed by atoms with van der Waals surface area (Å²) in [5, 5.41) is 11.9. The van der Waals surface area contributed by atoms with Gasteiger partial charge in [0.1, 0.15) is 7.85 Å². The molecule has 0 aliphatic heterocycles. The molecule has 1 aromatic heterocycles. The summed E-state index contributed by atoms with van der Waals surface area (Å²) in [7, 11) is 5.97. The summed E-state index contributed by atoms with van der Waals surface area (Å²) >= 11 is 0. The highest BCUT2D eigenvalue weighted by atomic mass is 16.3.